The highest BCUT2D eigenvalue weighted by atomic mass is 35.5. The maximum Gasteiger partial charge on any atom is 0.0561 e. The summed E-state index contributed by atoms with van der Waals surface area (Å²) in [6, 6.07) is 0. The maximum absolute atomic E-state index is 9.00. The van der Waals surface area contributed by atoms with E-state index < -0.39 is 0 Å². The molecule has 0 aliphatic carbocycles. The van der Waals surface area contributed by atoms with E-state index in [1.165, 1.54) is 0 Å². The number of hydrogen-bond acceptors (Lipinski definition) is 2. The first kappa shape index (κ1) is 12.4. The van der Waals surface area contributed by atoms with Gasteiger partial charge in [-0.2, -0.15) is 0 Å². The number of hydrogen-bond donors (Lipinski definition) is 2. The highest BCUT2D eigenvalue weighted by molar-refractivity contribution is 5.85. The van der Waals surface area contributed by atoms with Crippen LogP contribution in [0.15, 0.2) is 0 Å². The van der Waals surface area contributed by atoms with Gasteiger partial charge in [0.1, 0.15) is 0 Å². The van der Waals surface area contributed by atoms with Crippen LogP contribution in [-0.4, -0.2) is 17.8 Å². The van der Waals surface area contributed by atoms with E-state index in [1.54, 1.807) is 0 Å². The van der Waals surface area contributed by atoms with Crippen molar-refractivity contribution in [3.8, 4) is 12.3 Å². The van der Waals surface area contributed by atoms with Crippen LogP contribution in [0.2, 0.25) is 0 Å². The predicted molar refractivity (Wildman–Crippen MR) is 45.0 cm³/mol. The Morgan fingerprint density at radius 3 is 2.50 bits per heavy atom. The smallest absolute Gasteiger partial charge is 0.0561 e. The third-order valence-corrected chi connectivity index (χ3v) is 1.12. The highest BCUT2D eigenvalue weighted by Crippen LogP contribution is 1.98. The highest BCUT2D eigenvalue weighted by Gasteiger charge is 1.99. The summed E-state index contributed by atoms with van der Waals surface area (Å²) in [6.45, 7) is 0.533. The molecule has 0 aromatic rings. The monoisotopic (exact) mass is 163 g/mol. The van der Waals surface area contributed by atoms with Gasteiger partial charge in [-0.3, -0.25) is 0 Å². The molecule has 2 nitrogen and oxygen atoms in total. The van der Waals surface area contributed by atoms with E-state index >= 15 is 0 Å². The summed E-state index contributed by atoms with van der Waals surface area (Å²) in [5.41, 5.74) is 5.19. The quantitative estimate of drug-likeness (QED) is 0.594. The van der Waals surface area contributed by atoms with Crippen LogP contribution >= 0.6 is 12.4 Å². The van der Waals surface area contributed by atoms with Crippen molar-refractivity contribution in [1.82, 2.24) is 0 Å². The third-order valence-electron chi connectivity index (χ3n) is 1.12. The molecule has 0 aromatic carbocycles. The van der Waals surface area contributed by atoms with Crippen LogP contribution in [0.4, 0.5) is 0 Å². The molecule has 10 heavy (non-hydrogen) atoms. The van der Waals surface area contributed by atoms with Crippen molar-refractivity contribution in [3.05, 3.63) is 0 Å². The van der Waals surface area contributed by atoms with E-state index in [9.17, 15) is 0 Å². The summed E-state index contributed by atoms with van der Waals surface area (Å²) < 4.78 is 0. The third kappa shape index (κ3) is 7.77. The molecule has 0 radical (unpaired) electrons. The Morgan fingerprint density at radius 1 is 1.50 bits per heavy atom. The molecule has 1 atom stereocenters. The van der Waals surface area contributed by atoms with Crippen LogP contribution in [-0.2, 0) is 0 Å². The van der Waals surface area contributed by atoms with Gasteiger partial charge in [0.25, 0.3) is 0 Å². The van der Waals surface area contributed by atoms with Crippen LogP contribution in [0.5, 0.6) is 0 Å². The molecule has 0 spiro atoms. The second kappa shape index (κ2) is 8.77. The molecule has 1 unspecified atom stereocenters. The molecule has 60 valence electrons. The Hall–Kier alpha value is -0.230. The molecule has 0 heterocycles. The van der Waals surface area contributed by atoms with Gasteiger partial charge in [0, 0.05) is 6.42 Å². The van der Waals surface area contributed by atoms with Gasteiger partial charge in [-0.1, -0.05) is 0 Å². The van der Waals surface area contributed by atoms with Crippen LogP contribution in [0.25, 0.3) is 0 Å². The zero-order chi connectivity index (χ0) is 7.11. The molecule has 3 N–H and O–H groups in total. The maximum atomic E-state index is 9.00. The first-order valence-electron chi connectivity index (χ1n) is 3.13. The Kier molecular flexibility index (Phi) is 10.9. The van der Waals surface area contributed by atoms with Crippen LogP contribution in [0.3, 0.4) is 0 Å². The normalized spacial score (nSPS) is 11.3. The van der Waals surface area contributed by atoms with Crippen molar-refractivity contribution in [1.29, 1.82) is 0 Å². The molecule has 0 aliphatic rings. The van der Waals surface area contributed by atoms with Crippen molar-refractivity contribution < 1.29 is 5.11 Å². The van der Waals surface area contributed by atoms with Gasteiger partial charge in [-0.15, -0.1) is 24.8 Å². The van der Waals surface area contributed by atoms with E-state index in [0.717, 1.165) is 0 Å². The minimum Gasteiger partial charge on any atom is -0.393 e. The molecular weight excluding hydrogens is 150 g/mol. The zero-order valence-electron chi connectivity index (χ0n) is 5.92. The van der Waals surface area contributed by atoms with Crippen LogP contribution in [0, 0.1) is 12.3 Å². The Balaban J connectivity index is 0. The molecule has 0 aliphatic heterocycles. The minimum absolute atomic E-state index is 0. The van der Waals surface area contributed by atoms with Gasteiger partial charge in [0.2, 0.25) is 0 Å². The van der Waals surface area contributed by atoms with E-state index in [1.807, 2.05) is 0 Å². The van der Waals surface area contributed by atoms with Crippen LogP contribution < -0.4 is 5.73 Å². The van der Waals surface area contributed by atoms with E-state index in [2.05, 4.69) is 5.92 Å². The molecule has 0 saturated heterocycles. The average Bonchev–Trinajstić information content (AvgIpc) is 1.85. The molecule has 0 aromatic heterocycles. The lowest BCUT2D eigenvalue weighted by Gasteiger charge is -2.04. The average molecular weight is 164 g/mol. The van der Waals surface area contributed by atoms with Gasteiger partial charge in [0.15, 0.2) is 0 Å². The largest absolute Gasteiger partial charge is 0.393 e. The fraction of sp³-hybridized carbons (Fsp3) is 0.714. The molecule has 0 rings (SSSR count). The molecule has 0 fully saturated rings. The lowest BCUT2D eigenvalue weighted by atomic mass is 10.1. The number of rotatable bonds is 4. The Labute approximate surface area is 68.2 Å². The summed E-state index contributed by atoms with van der Waals surface area (Å²) in [4.78, 5) is 0. The summed E-state index contributed by atoms with van der Waals surface area (Å²) in [7, 11) is 0. The van der Waals surface area contributed by atoms with E-state index in [-0.39, 0.29) is 18.5 Å². The van der Waals surface area contributed by atoms with Crippen molar-refractivity contribution >= 4 is 12.4 Å². The second-order valence-corrected chi connectivity index (χ2v) is 1.97. The van der Waals surface area contributed by atoms with Crippen molar-refractivity contribution in [3.63, 3.8) is 0 Å². The lowest BCUT2D eigenvalue weighted by molar-refractivity contribution is 0.159. The standard InChI is InChI=1S/C7H13NO.ClH/c1-2-3-4-7(9)5-6-8;/h1,7,9H,3-6,8H2;1H. The molecule has 0 bridgehead atoms. The van der Waals surface area contributed by atoms with Crippen LogP contribution in [0.1, 0.15) is 19.3 Å². The van der Waals surface area contributed by atoms with Gasteiger partial charge >= 0.3 is 0 Å². The first-order chi connectivity index (χ1) is 4.31. The van der Waals surface area contributed by atoms with E-state index in [4.69, 9.17) is 17.3 Å². The predicted octanol–water partition coefficient (Wildman–Crippen LogP) is 0.531. The molecule has 3 heteroatoms. The minimum atomic E-state index is -0.300. The lowest BCUT2D eigenvalue weighted by Crippen LogP contribution is -2.12. The molecular formula is C7H14ClNO. The number of halogens is 1. The second-order valence-electron chi connectivity index (χ2n) is 1.97. The SMILES string of the molecule is C#CCCC(O)CCN.Cl. The Bertz CT molecular complexity index is 100. The summed E-state index contributed by atoms with van der Waals surface area (Å²) in [5.74, 6) is 2.46. The fourth-order valence-corrected chi connectivity index (χ4v) is 0.587. The number of aliphatic hydroxyl groups is 1. The Morgan fingerprint density at radius 2 is 2.10 bits per heavy atom. The van der Waals surface area contributed by atoms with Gasteiger partial charge in [-0.05, 0) is 19.4 Å². The summed E-state index contributed by atoms with van der Waals surface area (Å²) in [6.07, 6.45) is 6.65. The zero-order valence-corrected chi connectivity index (χ0v) is 6.73. The number of nitrogens with two attached hydrogens (primary N) is 1. The number of aliphatic hydroxyl groups excluding tert-OH is 1. The van der Waals surface area contributed by atoms with Crippen molar-refractivity contribution in [2.45, 2.75) is 25.4 Å². The summed E-state index contributed by atoms with van der Waals surface area (Å²) >= 11 is 0. The van der Waals surface area contributed by atoms with Gasteiger partial charge in [0.05, 0.1) is 6.10 Å². The molecule has 0 amide bonds. The fourth-order valence-electron chi connectivity index (χ4n) is 0.587. The van der Waals surface area contributed by atoms with E-state index in [0.29, 0.717) is 25.8 Å². The van der Waals surface area contributed by atoms with Gasteiger partial charge < -0.3 is 10.8 Å². The van der Waals surface area contributed by atoms with Crippen molar-refractivity contribution in [2.24, 2.45) is 5.73 Å². The van der Waals surface area contributed by atoms with Crippen molar-refractivity contribution in [2.75, 3.05) is 6.54 Å². The topological polar surface area (TPSA) is 46.2 Å². The first-order valence-corrected chi connectivity index (χ1v) is 3.13. The van der Waals surface area contributed by atoms with Gasteiger partial charge in [-0.25, -0.2) is 0 Å². The number of terminal acetylenes is 1. The summed E-state index contributed by atoms with van der Waals surface area (Å²) in [5, 5.41) is 9.00. The molecule has 0 saturated carbocycles.